The first-order valence-electron chi connectivity index (χ1n) is 11.4. The van der Waals surface area contributed by atoms with Crippen LogP contribution in [0.5, 0.6) is 5.75 Å². The molecule has 0 unspecified atom stereocenters. The number of nitrogens with zero attached hydrogens (tertiary/aromatic N) is 2. The van der Waals surface area contributed by atoms with Gasteiger partial charge >= 0.3 is 0 Å². The van der Waals surface area contributed by atoms with Crippen LogP contribution in [0.15, 0.2) is 77.7 Å². The minimum absolute atomic E-state index is 0.0770. The zero-order chi connectivity index (χ0) is 24.8. The van der Waals surface area contributed by atoms with Crippen molar-refractivity contribution >= 4 is 27.3 Å². The van der Waals surface area contributed by atoms with Gasteiger partial charge in [0.15, 0.2) is 0 Å². The van der Waals surface area contributed by atoms with Crippen molar-refractivity contribution < 1.29 is 22.3 Å². The van der Waals surface area contributed by atoms with Gasteiger partial charge in [-0.25, -0.2) is 12.8 Å². The van der Waals surface area contributed by atoms with Crippen molar-refractivity contribution in [3.63, 3.8) is 0 Å². The number of sulfonamides is 1. The lowest BCUT2D eigenvalue weighted by Gasteiger charge is -2.24. The Morgan fingerprint density at radius 3 is 2.29 bits per heavy atom. The summed E-state index contributed by atoms with van der Waals surface area (Å²) in [7, 11) is -2.75. The summed E-state index contributed by atoms with van der Waals surface area (Å²) in [5, 5.41) is 2.75. The fraction of sp³-hybridized carbons (Fsp3) is 0.269. The molecule has 0 spiro atoms. The maximum absolute atomic E-state index is 14.6. The second kappa shape index (κ2) is 10.8. The highest BCUT2D eigenvalue weighted by atomic mass is 32.2. The summed E-state index contributed by atoms with van der Waals surface area (Å²) >= 11 is 0. The smallest absolute Gasteiger partial charge is 0.264 e. The van der Waals surface area contributed by atoms with E-state index in [1.807, 2.05) is 24.3 Å². The summed E-state index contributed by atoms with van der Waals surface area (Å²) in [5.41, 5.74) is 1.83. The van der Waals surface area contributed by atoms with Gasteiger partial charge in [0.05, 0.1) is 17.7 Å². The van der Waals surface area contributed by atoms with E-state index in [2.05, 4.69) is 10.2 Å². The monoisotopic (exact) mass is 497 g/mol. The third-order valence-electron chi connectivity index (χ3n) is 5.95. The van der Waals surface area contributed by atoms with Crippen LogP contribution in [0.2, 0.25) is 0 Å². The van der Waals surface area contributed by atoms with Crippen LogP contribution in [0.3, 0.4) is 0 Å². The Morgan fingerprint density at radius 2 is 1.66 bits per heavy atom. The number of carbonyl (C=O) groups is 1. The van der Waals surface area contributed by atoms with Crippen molar-refractivity contribution in [2.24, 2.45) is 0 Å². The number of halogens is 1. The van der Waals surface area contributed by atoms with Gasteiger partial charge in [-0.15, -0.1) is 0 Å². The fourth-order valence-corrected chi connectivity index (χ4v) is 5.44. The molecule has 0 aliphatic carbocycles. The second-order valence-electron chi connectivity index (χ2n) is 8.28. The van der Waals surface area contributed by atoms with E-state index < -0.39 is 28.3 Å². The van der Waals surface area contributed by atoms with E-state index in [-0.39, 0.29) is 17.1 Å². The Kier molecular flexibility index (Phi) is 7.55. The number of benzene rings is 3. The molecule has 184 valence electrons. The number of para-hydroxylation sites is 1. The predicted molar refractivity (Wildman–Crippen MR) is 134 cm³/mol. The summed E-state index contributed by atoms with van der Waals surface area (Å²) in [4.78, 5) is 15.0. The first kappa shape index (κ1) is 24.5. The van der Waals surface area contributed by atoms with Crippen molar-refractivity contribution in [3.05, 3.63) is 84.2 Å². The Bertz CT molecular complexity index is 1260. The van der Waals surface area contributed by atoms with Crippen LogP contribution in [0.4, 0.5) is 15.8 Å². The predicted octanol–water partition coefficient (Wildman–Crippen LogP) is 3.95. The lowest BCUT2D eigenvalue weighted by molar-refractivity contribution is -0.119. The summed E-state index contributed by atoms with van der Waals surface area (Å²) < 4.78 is 47.3. The molecule has 0 aromatic heterocycles. The molecule has 0 saturated carbocycles. The van der Waals surface area contributed by atoms with E-state index >= 15 is 0 Å². The molecule has 1 saturated heterocycles. The molecule has 1 aliphatic rings. The molecule has 0 bridgehead atoms. The van der Waals surface area contributed by atoms with E-state index in [1.165, 1.54) is 62.4 Å². The molecule has 0 radical (unpaired) electrons. The van der Waals surface area contributed by atoms with Gasteiger partial charge < -0.3 is 15.0 Å². The van der Waals surface area contributed by atoms with Crippen LogP contribution in [0.1, 0.15) is 18.4 Å². The molecule has 35 heavy (non-hydrogen) atoms. The maximum atomic E-state index is 14.6. The number of ether oxygens (including phenoxy) is 1. The van der Waals surface area contributed by atoms with Gasteiger partial charge in [0, 0.05) is 25.3 Å². The van der Waals surface area contributed by atoms with Gasteiger partial charge in [-0.1, -0.05) is 24.3 Å². The van der Waals surface area contributed by atoms with E-state index in [1.54, 1.807) is 0 Å². The number of hydrogen-bond donors (Lipinski definition) is 1. The number of hydrogen-bond acceptors (Lipinski definition) is 5. The first-order valence-corrected chi connectivity index (χ1v) is 12.8. The number of methoxy groups -OCH3 is 1. The van der Waals surface area contributed by atoms with Crippen molar-refractivity contribution in [2.45, 2.75) is 24.3 Å². The van der Waals surface area contributed by atoms with Gasteiger partial charge in [-0.3, -0.25) is 9.10 Å². The largest absolute Gasteiger partial charge is 0.497 e. The highest BCUT2D eigenvalue weighted by molar-refractivity contribution is 7.92. The molecule has 0 atom stereocenters. The lowest BCUT2D eigenvalue weighted by Crippen LogP contribution is -2.41. The number of nitrogens with one attached hydrogen (secondary N) is 1. The minimum Gasteiger partial charge on any atom is -0.497 e. The van der Waals surface area contributed by atoms with Crippen LogP contribution in [0.25, 0.3) is 0 Å². The summed E-state index contributed by atoms with van der Waals surface area (Å²) in [6.45, 7) is 1.75. The molecule has 1 aliphatic heterocycles. The molecule has 7 nitrogen and oxygen atoms in total. The fourth-order valence-electron chi connectivity index (χ4n) is 4.02. The van der Waals surface area contributed by atoms with E-state index in [4.69, 9.17) is 4.74 Å². The third-order valence-corrected chi connectivity index (χ3v) is 7.73. The van der Waals surface area contributed by atoms with Gasteiger partial charge in [0.2, 0.25) is 5.91 Å². The highest BCUT2D eigenvalue weighted by Crippen LogP contribution is 2.27. The molecule has 1 N–H and O–H groups in total. The zero-order valence-corrected chi connectivity index (χ0v) is 20.3. The van der Waals surface area contributed by atoms with Gasteiger partial charge in [-0.05, 0) is 66.9 Å². The van der Waals surface area contributed by atoms with Crippen LogP contribution < -0.4 is 19.3 Å². The quantitative estimate of drug-likeness (QED) is 0.484. The molecular formula is C26H28FN3O4S. The third kappa shape index (κ3) is 5.74. The molecule has 1 fully saturated rings. The molecular weight excluding hydrogens is 469 g/mol. The van der Waals surface area contributed by atoms with Crippen LogP contribution in [-0.2, 0) is 21.4 Å². The molecule has 3 aromatic carbocycles. The van der Waals surface area contributed by atoms with E-state index in [0.29, 0.717) is 5.75 Å². The Hall–Kier alpha value is -3.59. The maximum Gasteiger partial charge on any atom is 0.264 e. The van der Waals surface area contributed by atoms with E-state index in [0.717, 1.165) is 34.7 Å². The summed E-state index contributed by atoms with van der Waals surface area (Å²) in [6.07, 6.45) is 2.38. The molecule has 4 rings (SSSR count). The van der Waals surface area contributed by atoms with Crippen molar-refractivity contribution in [3.8, 4) is 5.75 Å². The van der Waals surface area contributed by atoms with Crippen molar-refractivity contribution in [1.29, 1.82) is 0 Å². The Morgan fingerprint density at radius 1 is 1.00 bits per heavy atom. The Balaban J connectivity index is 1.49. The average molecular weight is 498 g/mol. The van der Waals surface area contributed by atoms with Crippen LogP contribution in [0, 0.1) is 5.82 Å². The number of amides is 1. The Labute approximate surface area is 205 Å². The zero-order valence-electron chi connectivity index (χ0n) is 19.5. The first-order chi connectivity index (χ1) is 16.9. The molecule has 1 amide bonds. The van der Waals surface area contributed by atoms with Crippen LogP contribution in [-0.4, -0.2) is 41.1 Å². The number of anilines is 2. The minimum atomic E-state index is -4.22. The summed E-state index contributed by atoms with van der Waals surface area (Å²) in [6, 6.07) is 19.1. The van der Waals surface area contributed by atoms with Crippen molar-refractivity contribution in [1.82, 2.24) is 5.32 Å². The van der Waals surface area contributed by atoms with Crippen LogP contribution >= 0.6 is 0 Å². The highest BCUT2D eigenvalue weighted by Gasteiger charge is 2.29. The van der Waals surface area contributed by atoms with Gasteiger partial charge in [0.25, 0.3) is 10.0 Å². The topological polar surface area (TPSA) is 79.0 Å². The average Bonchev–Trinajstić information content (AvgIpc) is 3.42. The van der Waals surface area contributed by atoms with Gasteiger partial charge in [-0.2, -0.15) is 0 Å². The standard InChI is InChI=1S/C26H28FN3O4S/c1-34-22-12-14-23(15-13-22)35(32,33)30(25-7-3-2-6-24(25)27)19-26(31)28-18-20-8-10-21(11-9-20)29-16-4-5-17-29/h2-3,6-15H,4-5,16-19H2,1H3,(H,28,31). The number of rotatable bonds is 9. The van der Waals surface area contributed by atoms with Gasteiger partial charge in [0.1, 0.15) is 18.1 Å². The normalized spacial score (nSPS) is 13.5. The number of carbonyl (C=O) groups excluding carboxylic acids is 1. The SMILES string of the molecule is COc1ccc(S(=O)(=O)N(CC(=O)NCc2ccc(N3CCCC3)cc2)c2ccccc2F)cc1. The molecule has 3 aromatic rings. The van der Waals surface area contributed by atoms with E-state index in [9.17, 15) is 17.6 Å². The van der Waals surface area contributed by atoms with Crippen molar-refractivity contribution in [2.75, 3.05) is 35.9 Å². The molecule has 9 heteroatoms. The lowest BCUT2D eigenvalue weighted by atomic mass is 10.2. The second-order valence-corrected chi connectivity index (χ2v) is 10.1. The molecule has 1 heterocycles. The summed E-state index contributed by atoms with van der Waals surface area (Å²) in [5.74, 6) is -0.807.